The van der Waals surface area contributed by atoms with Gasteiger partial charge in [-0.1, -0.05) is 12.5 Å². The molecular weight excluding hydrogens is 240 g/mol. The van der Waals surface area contributed by atoms with E-state index in [9.17, 15) is 4.79 Å². The number of anilines is 1. The molecule has 0 aromatic heterocycles. The number of nitrogens with two attached hydrogens (primary N) is 1. The summed E-state index contributed by atoms with van der Waals surface area (Å²) in [6.45, 7) is 0. The minimum Gasteiger partial charge on any atom is -0.496 e. The fourth-order valence-corrected chi connectivity index (χ4v) is 3.62. The van der Waals surface area contributed by atoms with Gasteiger partial charge in [0, 0.05) is 11.7 Å². The lowest BCUT2D eigenvalue weighted by molar-refractivity contribution is 0.0921. The van der Waals surface area contributed by atoms with Crippen LogP contribution in [-0.4, -0.2) is 19.1 Å². The first kappa shape index (κ1) is 12.3. The van der Waals surface area contributed by atoms with Crippen molar-refractivity contribution in [1.29, 1.82) is 0 Å². The van der Waals surface area contributed by atoms with Gasteiger partial charge in [-0.25, -0.2) is 0 Å². The van der Waals surface area contributed by atoms with Gasteiger partial charge < -0.3 is 15.8 Å². The number of rotatable bonds is 3. The summed E-state index contributed by atoms with van der Waals surface area (Å²) in [5, 5.41) is 3.14. The zero-order valence-electron chi connectivity index (χ0n) is 11.2. The van der Waals surface area contributed by atoms with E-state index in [0.29, 0.717) is 29.0 Å². The van der Waals surface area contributed by atoms with Crippen LogP contribution in [0.3, 0.4) is 0 Å². The second kappa shape index (κ2) is 4.76. The Bertz CT molecular complexity index is 501. The number of carbonyl (C=O) groups is 1. The Morgan fingerprint density at radius 3 is 2.84 bits per heavy atom. The van der Waals surface area contributed by atoms with Crippen LogP contribution in [0.25, 0.3) is 0 Å². The van der Waals surface area contributed by atoms with Crippen LogP contribution in [0.2, 0.25) is 0 Å². The van der Waals surface area contributed by atoms with Gasteiger partial charge in [0.2, 0.25) is 0 Å². The molecule has 19 heavy (non-hydrogen) atoms. The summed E-state index contributed by atoms with van der Waals surface area (Å²) in [7, 11) is 1.56. The van der Waals surface area contributed by atoms with E-state index < -0.39 is 0 Å². The summed E-state index contributed by atoms with van der Waals surface area (Å²) in [5.74, 6) is 1.91. The van der Waals surface area contributed by atoms with Gasteiger partial charge in [-0.2, -0.15) is 0 Å². The van der Waals surface area contributed by atoms with E-state index in [1.54, 1.807) is 25.3 Å². The van der Waals surface area contributed by atoms with Crippen molar-refractivity contribution < 1.29 is 9.53 Å². The van der Waals surface area contributed by atoms with E-state index in [1.165, 1.54) is 19.3 Å². The fourth-order valence-electron chi connectivity index (χ4n) is 3.62. The number of benzene rings is 1. The van der Waals surface area contributed by atoms with Crippen LogP contribution in [0.1, 0.15) is 36.0 Å². The first-order chi connectivity index (χ1) is 9.19. The Kier molecular flexibility index (Phi) is 3.09. The molecule has 0 radical (unpaired) electrons. The van der Waals surface area contributed by atoms with Crippen molar-refractivity contribution in [2.24, 2.45) is 11.8 Å². The Morgan fingerprint density at radius 1 is 1.37 bits per heavy atom. The topological polar surface area (TPSA) is 64.3 Å². The summed E-state index contributed by atoms with van der Waals surface area (Å²) in [5.41, 5.74) is 6.84. The van der Waals surface area contributed by atoms with E-state index >= 15 is 0 Å². The maximum absolute atomic E-state index is 12.4. The van der Waals surface area contributed by atoms with E-state index in [0.717, 1.165) is 12.3 Å². The van der Waals surface area contributed by atoms with Gasteiger partial charge in [0.15, 0.2) is 0 Å². The van der Waals surface area contributed by atoms with Crippen molar-refractivity contribution in [2.45, 2.75) is 31.7 Å². The second-order valence-corrected chi connectivity index (χ2v) is 5.68. The molecule has 3 rings (SSSR count). The lowest BCUT2D eigenvalue weighted by Crippen LogP contribution is -2.38. The summed E-state index contributed by atoms with van der Waals surface area (Å²) < 4.78 is 5.23. The highest BCUT2D eigenvalue weighted by atomic mass is 16.5. The molecule has 1 amide bonds. The third-order valence-electron chi connectivity index (χ3n) is 4.56. The van der Waals surface area contributed by atoms with E-state index in [-0.39, 0.29) is 5.91 Å². The van der Waals surface area contributed by atoms with Crippen LogP contribution in [0.15, 0.2) is 18.2 Å². The van der Waals surface area contributed by atoms with Crippen LogP contribution >= 0.6 is 0 Å². The SMILES string of the molecule is COc1cccc(N)c1C(=O)NC1CC2CCC1C2. The first-order valence-corrected chi connectivity index (χ1v) is 6.92. The Morgan fingerprint density at radius 2 is 2.21 bits per heavy atom. The molecule has 102 valence electrons. The molecule has 2 fully saturated rings. The zero-order chi connectivity index (χ0) is 13.4. The number of fused-ring (bicyclic) bond motifs is 2. The predicted octanol–water partition coefficient (Wildman–Crippen LogP) is 2.20. The molecule has 2 aliphatic carbocycles. The molecule has 3 unspecified atom stereocenters. The molecule has 0 aliphatic heterocycles. The standard InChI is InChI=1S/C15H20N2O2/c1-19-13-4-2-3-11(16)14(13)15(18)17-12-8-9-5-6-10(12)7-9/h2-4,9-10,12H,5-8,16H2,1H3,(H,17,18). The maximum atomic E-state index is 12.4. The van der Waals surface area contributed by atoms with Crippen molar-refractivity contribution in [3.05, 3.63) is 23.8 Å². The van der Waals surface area contributed by atoms with Crippen LogP contribution in [0.5, 0.6) is 5.75 Å². The van der Waals surface area contributed by atoms with Gasteiger partial charge in [0.05, 0.1) is 7.11 Å². The number of hydrogen-bond donors (Lipinski definition) is 2. The van der Waals surface area contributed by atoms with Crippen molar-refractivity contribution >= 4 is 11.6 Å². The summed E-state index contributed by atoms with van der Waals surface area (Å²) in [6, 6.07) is 5.61. The van der Waals surface area contributed by atoms with Crippen molar-refractivity contribution in [3.8, 4) is 5.75 Å². The molecule has 0 spiro atoms. The molecule has 3 atom stereocenters. The van der Waals surface area contributed by atoms with Gasteiger partial charge in [-0.3, -0.25) is 4.79 Å². The molecule has 1 aromatic carbocycles. The quantitative estimate of drug-likeness (QED) is 0.819. The maximum Gasteiger partial charge on any atom is 0.257 e. The van der Waals surface area contributed by atoms with Crippen LogP contribution < -0.4 is 15.8 Å². The Hall–Kier alpha value is -1.71. The highest BCUT2D eigenvalue weighted by Crippen LogP contribution is 2.44. The average molecular weight is 260 g/mol. The second-order valence-electron chi connectivity index (χ2n) is 5.68. The molecule has 4 nitrogen and oxygen atoms in total. The molecule has 3 N–H and O–H groups in total. The summed E-state index contributed by atoms with van der Waals surface area (Å²) in [4.78, 5) is 12.4. The number of ether oxygens (including phenoxy) is 1. The van der Waals surface area contributed by atoms with Gasteiger partial charge in [0.25, 0.3) is 5.91 Å². The van der Waals surface area contributed by atoms with E-state index in [1.807, 2.05) is 0 Å². The Labute approximate surface area is 113 Å². The number of nitrogens with one attached hydrogen (secondary N) is 1. The number of carbonyl (C=O) groups excluding carboxylic acids is 1. The van der Waals surface area contributed by atoms with Crippen LogP contribution in [0, 0.1) is 11.8 Å². The third-order valence-corrected chi connectivity index (χ3v) is 4.56. The van der Waals surface area contributed by atoms with Gasteiger partial charge in [0.1, 0.15) is 11.3 Å². The molecule has 1 aromatic rings. The van der Waals surface area contributed by atoms with Crippen molar-refractivity contribution in [3.63, 3.8) is 0 Å². The van der Waals surface area contributed by atoms with Gasteiger partial charge >= 0.3 is 0 Å². The van der Waals surface area contributed by atoms with Crippen molar-refractivity contribution in [1.82, 2.24) is 5.32 Å². The minimum atomic E-state index is -0.104. The van der Waals surface area contributed by atoms with E-state index in [4.69, 9.17) is 10.5 Å². The highest BCUT2D eigenvalue weighted by Gasteiger charge is 2.40. The average Bonchev–Trinajstić information content (AvgIpc) is 3.00. The normalized spacial score (nSPS) is 28.4. The first-order valence-electron chi connectivity index (χ1n) is 6.92. The largest absolute Gasteiger partial charge is 0.496 e. The van der Waals surface area contributed by atoms with Crippen LogP contribution in [0.4, 0.5) is 5.69 Å². The third kappa shape index (κ3) is 2.15. The van der Waals surface area contributed by atoms with Crippen molar-refractivity contribution in [2.75, 3.05) is 12.8 Å². The van der Waals surface area contributed by atoms with Crippen LogP contribution in [-0.2, 0) is 0 Å². The summed E-state index contributed by atoms with van der Waals surface area (Å²) in [6.07, 6.45) is 4.96. The Balaban J connectivity index is 1.77. The molecule has 2 aliphatic rings. The number of hydrogen-bond acceptors (Lipinski definition) is 3. The predicted molar refractivity (Wildman–Crippen MR) is 74.1 cm³/mol. The monoisotopic (exact) mass is 260 g/mol. The molecule has 0 heterocycles. The van der Waals surface area contributed by atoms with Gasteiger partial charge in [-0.15, -0.1) is 0 Å². The lowest BCUT2D eigenvalue weighted by atomic mass is 9.95. The zero-order valence-corrected chi connectivity index (χ0v) is 11.2. The molecule has 0 saturated heterocycles. The van der Waals surface area contributed by atoms with E-state index in [2.05, 4.69) is 5.32 Å². The lowest BCUT2D eigenvalue weighted by Gasteiger charge is -2.23. The molecule has 2 bridgehead atoms. The smallest absolute Gasteiger partial charge is 0.257 e. The number of amides is 1. The van der Waals surface area contributed by atoms with Gasteiger partial charge in [-0.05, 0) is 43.2 Å². The number of nitrogen functional groups attached to an aromatic ring is 1. The summed E-state index contributed by atoms with van der Waals surface area (Å²) >= 11 is 0. The number of methoxy groups -OCH3 is 1. The minimum absolute atomic E-state index is 0.104. The fraction of sp³-hybridized carbons (Fsp3) is 0.533. The highest BCUT2D eigenvalue weighted by molar-refractivity contribution is 6.02. The molecular formula is C15H20N2O2. The molecule has 4 heteroatoms. The molecule has 2 saturated carbocycles.